The summed E-state index contributed by atoms with van der Waals surface area (Å²) in [5.41, 5.74) is 0.406. The Kier molecular flexibility index (Phi) is 4.64. The van der Waals surface area contributed by atoms with E-state index >= 15 is 0 Å². The van der Waals surface area contributed by atoms with E-state index in [0.29, 0.717) is 16.7 Å². The van der Waals surface area contributed by atoms with Gasteiger partial charge < -0.3 is 15.3 Å². The van der Waals surface area contributed by atoms with Gasteiger partial charge in [-0.25, -0.2) is 17.8 Å². The summed E-state index contributed by atoms with van der Waals surface area (Å²) in [7, 11) is -3.79. The van der Waals surface area contributed by atoms with Crippen LogP contribution in [0.2, 0.25) is 5.02 Å². The summed E-state index contributed by atoms with van der Waals surface area (Å²) in [6.45, 7) is 0. The van der Waals surface area contributed by atoms with E-state index in [0.717, 1.165) is 12.3 Å². The van der Waals surface area contributed by atoms with Crippen LogP contribution in [0.15, 0.2) is 58.6 Å². The summed E-state index contributed by atoms with van der Waals surface area (Å²) in [6, 6.07) is 8.53. The molecule has 0 fully saturated rings. The number of rotatable bonds is 4. The zero-order chi connectivity index (χ0) is 20.8. The van der Waals surface area contributed by atoms with Gasteiger partial charge in [-0.2, -0.15) is 0 Å². The first-order valence-corrected chi connectivity index (χ1v) is 10.6. The second kappa shape index (κ2) is 7.02. The maximum absolute atomic E-state index is 14.3. The molecule has 0 aliphatic rings. The predicted octanol–water partition coefficient (Wildman–Crippen LogP) is 3.86. The Hall–Kier alpha value is -3.17. The second-order valence-corrected chi connectivity index (χ2v) is 8.76. The van der Waals surface area contributed by atoms with Crippen molar-refractivity contribution < 1.29 is 12.8 Å². The Balaban J connectivity index is 1.95. The Morgan fingerprint density at radius 3 is 2.66 bits per heavy atom. The van der Waals surface area contributed by atoms with Gasteiger partial charge in [0.2, 0.25) is 0 Å². The van der Waals surface area contributed by atoms with Gasteiger partial charge in [-0.1, -0.05) is 11.6 Å². The number of nitrogens with zero attached hydrogens (tertiary/aromatic N) is 1. The molecule has 7 nitrogen and oxygen atoms in total. The van der Waals surface area contributed by atoms with Gasteiger partial charge >= 0.3 is 0 Å². The van der Waals surface area contributed by atoms with Crippen molar-refractivity contribution in [3.8, 4) is 11.1 Å². The van der Waals surface area contributed by atoms with E-state index in [-0.39, 0.29) is 26.9 Å². The fourth-order valence-electron chi connectivity index (χ4n) is 3.02. The molecular weight excluding hydrogens is 419 g/mol. The minimum atomic E-state index is -3.79. The van der Waals surface area contributed by atoms with Crippen molar-refractivity contribution in [2.24, 2.45) is 0 Å². The highest BCUT2D eigenvalue weighted by molar-refractivity contribution is 7.90. The Labute approximate surface area is 169 Å². The average molecular weight is 433 g/mol. The highest BCUT2D eigenvalue weighted by Crippen LogP contribution is 2.31. The SMILES string of the molecule is CS(=O)(=O)c1[nH]c(=O)c(-c2cc(Cl)ccc2F)cc1Nc1ccnc2[nH]ccc12. The zero-order valence-corrected chi connectivity index (χ0v) is 16.5. The third-order valence-electron chi connectivity index (χ3n) is 4.32. The second-order valence-electron chi connectivity index (χ2n) is 6.37. The van der Waals surface area contributed by atoms with Crippen LogP contribution >= 0.6 is 11.6 Å². The monoisotopic (exact) mass is 432 g/mol. The molecular formula is C19H14ClFN4O3S. The summed E-state index contributed by atoms with van der Waals surface area (Å²) in [6.07, 6.45) is 4.21. The molecule has 4 aromatic rings. The van der Waals surface area contributed by atoms with Crippen LogP contribution in [0.5, 0.6) is 0 Å². The van der Waals surface area contributed by atoms with E-state index < -0.39 is 21.2 Å². The summed E-state index contributed by atoms with van der Waals surface area (Å²) in [4.78, 5) is 22.0. The number of halogens is 2. The van der Waals surface area contributed by atoms with Crippen LogP contribution in [0.4, 0.5) is 15.8 Å². The number of hydrogen-bond acceptors (Lipinski definition) is 5. The molecule has 0 bridgehead atoms. The molecule has 148 valence electrons. The molecule has 0 spiro atoms. The van der Waals surface area contributed by atoms with E-state index in [1.807, 2.05) is 0 Å². The summed E-state index contributed by atoms with van der Waals surface area (Å²) < 4.78 is 38.8. The predicted molar refractivity (Wildman–Crippen MR) is 110 cm³/mol. The highest BCUT2D eigenvalue weighted by Gasteiger charge is 2.20. The molecule has 0 atom stereocenters. The van der Waals surface area contributed by atoms with Crippen LogP contribution in [0.25, 0.3) is 22.2 Å². The van der Waals surface area contributed by atoms with Crippen LogP contribution in [-0.2, 0) is 9.84 Å². The summed E-state index contributed by atoms with van der Waals surface area (Å²) in [5.74, 6) is -0.658. The van der Waals surface area contributed by atoms with E-state index in [4.69, 9.17) is 11.6 Å². The quantitative estimate of drug-likeness (QED) is 0.454. The molecule has 0 saturated carbocycles. The molecule has 0 radical (unpaired) electrons. The number of sulfone groups is 1. The van der Waals surface area contributed by atoms with Crippen molar-refractivity contribution in [3.05, 3.63) is 70.0 Å². The van der Waals surface area contributed by atoms with Gasteiger partial charge in [-0.3, -0.25) is 4.79 Å². The van der Waals surface area contributed by atoms with Gasteiger partial charge in [-0.05, 0) is 36.4 Å². The van der Waals surface area contributed by atoms with Crippen LogP contribution in [-0.4, -0.2) is 29.6 Å². The fourth-order valence-corrected chi connectivity index (χ4v) is 3.98. The van der Waals surface area contributed by atoms with E-state index in [1.54, 1.807) is 24.5 Å². The largest absolute Gasteiger partial charge is 0.353 e. The minimum absolute atomic E-state index is 0.0385. The first-order chi connectivity index (χ1) is 13.7. The molecule has 3 heterocycles. The maximum Gasteiger partial charge on any atom is 0.257 e. The van der Waals surface area contributed by atoms with Crippen LogP contribution in [0.1, 0.15) is 0 Å². The van der Waals surface area contributed by atoms with Crippen LogP contribution < -0.4 is 10.9 Å². The lowest BCUT2D eigenvalue weighted by atomic mass is 10.1. The van der Waals surface area contributed by atoms with E-state index in [2.05, 4.69) is 20.3 Å². The molecule has 3 aromatic heterocycles. The molecule has 4 rings (SSSR count). The van der Waals surface area contributed by atoms with Gasteiger partial charge in [-0.15, -0.1) is 0 Å². The van der Waals surface area contributed by atoms with Crippen LogP contribution in [0, 0.1) is 5.82 Å². The zero-order valence-electron chi connectivity index (χ0n) is 15.0. The number of pyridine rings is 2. The minimum Gasteiger partial charge on any atom is -0.353 e. The lowest BCUT2D eigenvalue weighted by molar-refractivity contribution is 0.598. The molecule has 3 N–H and O–H groups in total. The molecule has 0 unspecified atom stereocenters. The summed E-state index contributed by atoms with van der Waals surface area (Å²) in [5, 5.41) is 3.66. The molecule has 29 heavy (non-hydrogen) atoms. The number of aromatic nitrogens is 3. The van der Waals surface area contributed by atoms with E-state index in [1.165, 1.54) is 18.2 Å². The van der Waals surface area contributed by atoms with Gasteiger partial charge in [0.25, 0.3) is 5.56 Å². The first kappa shape index (κ1) is 19.2. The lowest BCUT2D eigenvalue weighted by Crippen LogP contribution is -2.17. The van der Waals surface area contributed by atoms with Gasteiger partial charge in [0.15, 0.2) is 14.9 Å². The number of anilines is 2. The third-order valence-corrected chi connectivity index (χ3v) is 5.62. The number of H-pyrrole nitrogens is 2. The number of nitrogens with one attached hydrogen (secondary N) is 3. The first-order valence-electron chi connectivity index (χ1n) is 8.36. The Morgan fingerprint density at radius 1 is 1.10 bits per heavy atom. The number of hydrogen-bond donors (Lipinski definition) is 3. The Bertz CT molecular complexity index is 1410. The van der Waals surface area contributed by atoms with Crippen molar-refractivity contribution in [2.75, 3.05) is 11.6 Å². The number of aromatic amines is 2. The van der Waals surface area contributed by atoms with Gasteiger partial charge in [0.1, 0.15) is 11.5 Å². The lowest BCUT2D eigenvalue weighted by Gasteiger charge is -2.14. The third kappa shape index (κ3) is 3.62. The average Bonchev–Trinajstić information content (AvgIpc) is 3.14. The van der Waals surface area contributed by atoms with Crippen molar-refractivity contribution in [2.45, 2.75) is 5.03 Å². The van der Waals surface area contributed by atoms with Crippen molar-refractivity contribution in [1.29, 1.82) is 0 Å². The smallest absolute Gasteiger partial charge is 0.257 e. The maximum atomic E-state index is 14.3. The molecule has 0 aliphatic carbocycles. The number of fused-ring (bicyclic) bond motifs is 1. The van der Waals surface area contributed by atoms with Crippen molar-refractivity contribution in [3.63, 3.8) is 0 Å². The number of benzene rings is 1. The summed E-state index contributed by atoms with van der Waals surface area (Å²) >= 11 is 5.94. The molecule has 0 amide bonds. The van der Waals surface area contributed by atoms with Crippen LogP contribution in [0.3, 0.4) is 0 Å². The van der Waals surface area contributed by atoms with Crippen molar-refractivity contribution >= 4 is 43.8 Å². The Morgan fingerprint density at radius 2 is 1.90 bits per heavy atom. The van der Waals surface area contributed by atoms with Crippen molar-refractivity contribution in [1.82, 2.24) is 15.0 Å². The van der Waals surface area contributed by atoms with Gasteiger partial charge in [0.05, 0.1) is 16.9 Å². The topological polar surface area (TPSA) is 108 Å². The molecule has 0 aliphatic heterocycles. The standard InChI is InChI=1S/C19H14ClFN4O3S/c1-29(27,28)19-16(24-15-5-7-23-17-11(15)4-6-22-17)9-13(18(26)25-19)12-8-10(20)2-3-14(12)21/h2-9H,1H3,(H,25,26)(H2,22,23,24). The molecule has 0 saturated heterocycles. The molecule has 10 heteroatoms. The van der Waals surface area contributed by atoms with Gasteiger partial charge in [0, 0.05) is 34.6 Å². The van der Waals surface area contributed by atoms with E-state index in [9.17, 15) is 17.6 Å². The normalized spacial score (nSPS) is 11.7. The molecule has 1 aromatic carbocycles. The highest BCUT2D eigenvalue weighted by atomic mass is 35.5. The fraction of sp³-hybridized carbons (Fsp3) is 0.0526.